The number of H-pyrrole nitrogens is 1. The van der Waals surface area contributed by atoms with Crippen LogP contribution < -0.4 is 16.3 Å². The van der Waals surface area contributed by atoms with Crippen LogP contribution in [-0.2, 0) is 19.5 Å². The van der Waals surface area contributed by atoms with Gasteiger partial charge in [-0.25, -0.2) is 4.98 Å². The zero-order valence-corrected chi connectivity index (χ0v) is 13.6. The van der Waals surface area contributed by atoms with E-state index < -0.39 is 5.91 Å². The van der Waals surface area contributed by atoms with Gasteiger partial charge in [-0.2, -0.15) is 0 Å². The molecule has 1 amide bonds. The minimum Gasteiger partial charge on any atom is -0.346 e. The lowest BCUT2D eigenvalue weighted by molar-refractivity contribution is 0.0948. The van der Waals surface area contributed by atoms with Gasteiger partial charge in [0.2, 0.25) is 5.43 Å². The lowest BCUT2D eigenvalue weighted by atomic mass is 10.1. The van der Waals surface area contributed by atoms with Crippen LogP contribution in [0.2, 0.25) is 0 Å². The van der Waals surface area contributed by atoms with E-state index in [-0.39, 0.29) is 23.1 Å². The predicted molar refractivity (Wildman–Crippen MR) is 92.7 cm³/mol. The molecule has 0 aliphatic carbocycles. The molecule has 7 nitrogen and oxygen atoms in total. The second kappa shape index (κ2) is 5.70. The van der Waals surface area contributed by atoms with E-state index in [9.17, 15) is 14.4 Å². The number of carbonyl (C=O) groups excluding carboxylic acids is 1. The number of carbonyl (C=O) groups is 1. The fourth-order valence-electron chi connectivity index (χ4n) is 3.32. The summed E-state index contributed by atoms with van der Waals surface area (Å²) in [5, 5.41) is 3.24. The number of aromatic nitrogens is 3. The molecule has 3 aromatic rings. The third-order valence-corrected chi connectivity index (χ3v) is 4.39. The van der Waals surface area contributed by atoms with Gasteiger partial charge in [0.25, 0.3) is 11.5 Å². The first-order valence-electron chi connectivity index (χ1n) is 8.03. The molecule has 1 aliphatic rings. The van der Waals surface area contributed by atoms with Crippen LogP contribution in [0.5, 0.6) is 0 Å². The van der Waals surface area contributed by atoms with E-state index in [0.29, 0.717) is 16.9 Å². The number of nitrogens with one attached hydrogen (secondary N) is 2. The Morgan fingerprint density at radius 2 is 2.20 bits per heavy atom. The summed E-state index contributed by atoms with van der Waals surface area (Å²) in [4.78, 5) is 43.3. The van der Waals surface area contributed by atoms with Crippen LogP contribution >= 0.6 is 0 Å². The Balaban J connectivity index is 1.66. The van der Waals surface area contributed by atoms with E-state index in [4.69, 9.17) is 0 Å². The zero-order valence-electron chi connectivity index (χ0n) is 13.6. The van der Waals surface area contributed by atoms with Crippen LogP contribution in [0.25, 0.3) is 10.9 Å². The average Bonchev–Trinajstić information content (AvgIpc) is 2.99. The maximum absolute atomic E-state index is 12.7. The smallest absolute Gasteiger partial charge is 0.257 e. The first-order chi connectivity index (χ1) is 12.0. The first-order valence-corrected chi connectivity index (χ1v) is 8.03. The monoisotopic (exact) mass is 336 g/mol. The summed E-state index contributed by atoms with van der Waals surface area (Å²) in [6.07, 6.45) is 2.48. The second-order valence-corrected chi connectivity index (χ2v) is 6.13. The van der Waals surface area contributed by atoms with Crippen LogP contribution in [0.4, 0.5) is 0 Å². The molecule has 0 spiro atoms. The number of amides is 1. The summed E-state index contributed by atoms with van der Waals surface area (Å²) in [5.74, 6) is 0.0101. The maximum atomic E-state index is 12.7. The number of hydrogen-bond donors (Lipinski definition) is 2. The summed E-state index contributed by atoms with van der Waals surface area (Å²) in [5.41, 5.74) is 2.04. The predicted octanol–water partition coefficient (Wildman–Crippen LogP) is 0.879. The van der Waals surface area contributed by atoms with Crippen molar-refractivity contribution in [2.45, 2.75) is 26.4 Å². The molecule has 0 saturated heterocycles. The van der Waals surface area contributed by atoms with Gasteiger partial charge in [-0.15, -0.1) is 0 Å². The Kier molecular flexibility index (Phi) is 3.49. The normalized spacial score (nSPS) is 12.5. The largest absolute Gasteiger partial charge is 0.346 e. The van der Waals surface area contributed by atoms with Crippen molar-refractivity contribution in [2.75, 3.05) is 0 Å². The number of aromatic amines is 1. The van der Waals surface area contributed by atoms with Crippen LogP contribution in [0.1, 0.15) is 27.4 Å². The number of nitrogens with zero attached hydrogens (tertiary/aromatic N) is 2. The molecule has 7 heteroatoms. The third kappa shape index (κ3) is 2.63. The molecule has 3 heterocycles. The lowest BCUT2D eigenvalue weighted by Crippen LogP contribution is -2.30. The number of para-hydroxylation sites is 1. The van der Waals surface area contributed by atoms with E-state index >= 15 is 0 Å². The third-order valence-electron chi connectivity index (χ3n) is 4.39. The highest BCUT2D eigenvalue weighted by Crippen LogP contribution is 2.23. The summed E-state index contributed by atoms with van der Waals surface area (Å²) in [6, 6.07) is 6.93. The fraction of sp³-hybridized carbons (Fsp3) is 0.222. The summed E-state index contributed by atoms with van der Waals surface area (Å²) in [6.45, 7) is 2.51. The van der Waals surface area contributed by atoms with Crippen molar-refractivity contribution in [3.05, 3.63) is 73.7 Å². The summed E-state index contributed by atoms with van der Waals surface area (Å²) >= 11 is 0. The minimum atomic E-state index is -0.465. The molecule has 0 unspecified atom stereocenters. The lowest BCUT2D eigenvalue weighted by Gasteiger charge is -2.09. The highest BCUT2D eigenvalue weighted by Gasteiger charge is 2.20. The van der Waals surface area contributed by atoms with Gasteiger partial charge >= 0.3 is 0 Å². The van der Waals surface area contributed by atoms with Crippen LogP contribution in [0.3, 0.4) is 0 Å². The second-order valence-electron chi connectivity index (χ2n) is 6.13. The van der Waals surface area contributed by atoms with Crippen molar-refractivity contribution in [1.29, 1.82) is 0 Å². The quantitative estimate of drug-likeness (QED) is 0.742. The summed E-state index contributed by atoms with van der Waals surface area (Å²) in [7, 11) is 0. The molecule has 1 aromatic carbocycles. The molecule has 4 rings (SSSR count). The van der Waals surface area contributed by atoms with Gasteiger partial charge in [0.15, 0.2) is 0 Å². The van der Waals surface area contributed by atoms with Crippen molar-refractivity contribution in [3.8, 4) is 0 Å². The van der Waals surface area contributed by atoms with E-state index in [2.05, 4.69) is 15.3 Å². The Morgan fingerprint density at radius 3 is 3.00 bits per heavy atom. The Morgan fingerprint density at radius 1 is 1.36 bits per heavy atom. The van der Waals surface area contributed by atoms with E-state index in [0.717, 1.165) is 24.0 Å². The average molecular weight is 336 g/mol. The van der Waals surface area contributed by atoms with Crippen molar-refractivity contribution >= 4 is 16.8 Å². The highest BCUT2D eigenvalue weighted by atomic mass is 16.2. The van der Waals surface area contributed by atoms with Gasteiger partial charge < -0.3 is 14.9 Å². The van der Waals surface area contributed by atoms with Crippen LogP contribution in [-0.4, -0.2) is 20.4 Å². The molecule has 0 saturated carbocycles. The molecule has 1 aliphatic heterocycles. The van der Waals surface area contributed by atoms with Gasteiger partial charge in [0, 0.05) is 24.2 Å². The van der Waals surface area contributed by atoms with E-state index in [1.165, 1.54) is 6.07 Å². The van der Waals surface area contributed by atoms with Gasteiger partial charge in [-0.3, -0.25) is 14.4 Å². The topological polar surface area (TPSA) is 96.8 Å². The highest BCUT2D eigenvalue weighted by molar-refractivity contribution is 5.98. The summed E-state index contributed by atoms with van der Waals surface area (Å²) < 4.78 is 1.95. The minimum absolute atomic E-state index is 0.0844. The maximum Gasteiger partial charge on any atom is 0.257 e. The number of rotatable bonds is 3. The van der Waals surface area contributed by atoms with Crippen LogP contribution in [0, 0.1) is 6.92 Å². The molecular weight excluding hydrogens is 320 g/mol. The van der Waals surface area contributed by atoms with E-state index in [1.807, 2.05) is 16.7 Å². The zero-order chi connectivity index (χ0) is 17.6. The number of pyridine rings is 1. The SMILES string of the molecule is Cc1nc(CNC(=O)c2cn3c4c(cccc4c2=O)CC3)cc(=O)[nH]1. The number of benzene rings is 1. The molecule has 2 aromatic heterocycles. The Hall–Kier alpha value is -3.22. The fourth-order valence-corrected chi connectivity index (χ4v) is 3.32. The standard InChI is InChI=1S/C18H16N4O3/c1-10-20-12(7-15(23)21-10)8-19-18(25)14-9-22-6-5-11-3-2-4-13(16(11)22)17(14)24/h2-4,7,9H,5-6,8H2,1H3,(H,19,25)(H,20,21,23). The van der Waals surface area contributed by atoms with Gasteiger partial charge in [-0.1, -0.05) is 12.1 Å². The number of hydrogen-bond acceptors (Lipinski definition) is 4. The molecule has 2 N–H and O–H groups in total. The Bertz CT molecular complexity index is 1130. The van der Waals surface area contributed by atoms with Crippen molar-refractivity contribution in [3.63, 3.8) is 0 Å². The van der Waals surface area contributed by atoms with Gasteiger partial charge in [0.1, 0.15) is 11.4 Å². The van der Waals surface area contributed by atoms with Gasteiger partial charge in [-0.05, 0) is 25.0 Å². The van der Waals surface area contributed by atoms with Crippen molar-refractivity contribution in [1.82, 2.24) is 19.9 Å². The molecule has 0 radical (unpaired) electrons. The van der Waals surface area contributed by atoms with Gasteiger partial charge in [0.05, 0.1) is 17.8 Å². The number of aryl methyl sites for hydroxylation is 3. The van der Waals surface area contributed by atoms with Crippen LogP contribution in [0.15, 0.2) is 40.1 Å². The van der Waals surface area contributed by atoms with Crippen molar-refractivity contribution < 1.29 is 4.79 Å². The molecular formula is C18H16N4O3. The molecule has 25 heavy (non-hydrogen) atoms. The first kappa shape index (κ1) is 15.3. The molecule has 0 atom stereocenters. The molecule has 0 bridgehead atoms. The van der Waals surface area contributed by atoms with Crippen molar-refractivity contribution in [2.24, 2.45) is 0 Å². The molecule has 126 valence electrons. The Labute approximate surface area is 142 Å². The molecule has 0 fully saturated rings. The van der Waals surface area contributed by atoms with E-state index in [1.54, 1.807) is 19.2 Å².